The lowest BCUT2D eigenvalue weighted by atomic mass is 9.93. The first-order valence-corrected chi connectivity index (χ1v) is 9.69. The number of rotatable bonds is 7. The van der Waals surface area contributed by atoms with E-state index in [2.05, 4.69) is 15.6 Å². The standard InChI is InChI=1S/C19H30N4O3/c1-2-26-15-7-5-13(6-8-15)21-17-10-9-16(18(20)24)19(23-17)22-14-4-3-11-25-12-14/h9-10,13-15H,2-8,11-12H2,1H3,(H2,20,24)(H2,21,22,23)/t13-,14-,15-/m1/s1. The zero-order valence-electron chi connectivity index (χ0n) is 15.5. The summed E-state index contributed by atoms with van der Waals surface area (Å²) in [5.74, 6) is 0.843. The number of nitrogens with zero attached hydrogens (tertiary/aromatic N) is 1. The molecule has 4 N–H and O–H groups in total. The van der Waals surface area contributed by atoms with Crippen LogP contribution >= 0.6 is 0 Å². The third-order valence-electron chi connectivity index (χ3n) is 5.09. The van der Waals surface area contributed by atoms with Gasteiger partial charge in [-0.3, -0.25) is 4.79 Å². The molecule has 7 heteroatoms. The first kappa shape index (κ1) is 18.9. The highest BCUT2D eigenvalue weighted by Crippen LogP contribution is 2.25. The average Bonchev–Trinajstić information content (AvgIpc) is 2.64. The van der Waals surface area contributed by atoms with E-state index < -0.39 is 5.91 Å². The molecule has 1 aliphatic heterocycles. The van der Waals surface area contributed by atoms with Crippen molar-refractivity contribution in [3.8, 4) is 0 Å². The van der Waals surface area contributed by atoms with Gasteiger partial charge in [0.15, 0.2) is 0 Å². The summed E-state index contributed by atoms with van der Waals surface area (Å²) in [6.07, 6.45) is 6.63. The minimum Gasteiger partial charge on any atom is -0.379 e. The Hall–Kier alpha value is -1.86. The van der Waals surface area contributed by atoms with Crippen molar-refractivity contribution in [3.63, 3.8) is 0 Å². The Morgan fingerprint density at radius 3 is 2.69 bits per heavy atom. The Labute approximate surface area is 155 Å². The highest BCUT2D eigenvalue weighted by atomic mass is 16.5. The van der Waals surface area contributed by atoms with Crippen molar-refractivity contribution in [1.82, 2.24) is 4.98 Å². The zero-order valence-corrected chi connectivity index (χ0v) is 15.5. The molecule has 1 atom stereocenters. The first-order valence-electron chi connectivity index (χ1n) is 9.69. The van der Waals surface area contributed by atoms with Crippen LogP contribution in [0.2, 0.25) is 0 Å². The Morgan fingerprint density at radius 2 is 2.04 bits per heavy atom. The third kappa shape index (κ3) is 5.08. The Kier molecular flexibility index (Phi) is 6.68. The van der Waals surface area contributed by atoms with E-state index in [-0.39, 0.29) is 6.04 Å². The molecule has 0 bridgehead atoms. The number of hydrogen-bond acceptors (Lipinski definition) is 6. The normalized spacial score (nSPS) is 26.3. The lowest BCUT2D eigenvalue weighted by Gasteiger charge is -2.29. The van der Waals surface area contributed by atoms with E-state index in [1.54, 1.807) is 6.07 Å². The van der Waals surface area contributed by atoms with Gasteiger partial charge in [0.2, 0.25) is 0 Å². The van der Waals surface area contributed by atoms with Crippen LogP contribution in [0.4, 0.5) is 11.6 Å². The molecular formula is C19H30N4O3. The minimum atomic E-state index is -0.472. The zero-order chi connectivity index (χ0) is 18.4. The third-order valence-corrected chi connectivity index (χ3v) is 5.09. The fourth-order valence-electron chi connectivity index (χ4n) is 3.71. The Morgan fingerprint density at radius 1 is 1.23 bits per heavy atom. The van der Waals surface area contributed by atoms with E-state index >= 15 is 0 Å². The van der Waals surface area contributed by atoms with E-state index in [4.69, 9.17) is 15.2 Å². The summed E-state index contributed by atoms with van der Waals surface area (Å²) < 4.78 is 11.2. The number of aromatic nitrogens is 1. The molecule has 144 valence electrons. The first-order chi connectivity index (χ1) is 12.7. The highest BCUT2D eigenvalue weighted by Gasteiger charge is 2.22. The number of amides is 1. The van der Waals surface area contributed by atoms with Gasteiger partial charge in [-0.25, -0.2) is 4.98 Å². The van der Waals surface area contributed by atoms with Crippen molar-refractivity contribution in [1.29, 1.82) is 0 Å². The molecule has 1 saturated carbocycles. The fourth-order valence-corrected chi connectivity index (χ4v) is 3.71. The second-order valence-electron chi connectivity index (χ2n) is 7.09. The highest BCUT2D eigenvalue weighted by molar-refractivity contribution is 5.97. The summed E-state index contributed by atoms with van der Waals surface area (Å²) >= 11 is 0. The van der Waals surface area contributed by atoms with Crippen LogP contribution in [0.3, 0.4) is 0 Å². The number of pyridine rings is 1. The number of nitrogens with one attached hydrogen (secondary N) is 2. The van der Waals surface area contributed by atoms with Crippen LogP contribution in [0.5, 0.6) is 0 Å². The van der Waals surface area contributed by atoms with Gasteiger partial charge in [0, 0.05) is 19.3 Å². The number of ether oxygens (including phenoxy) is 2. The van der Waals surface area contributed by atoms with Gasteiger partial charge in [-0.15, -0.1) is 0 Å². The number of carbonyl (C=O) groups is 1. The summed E-state index contributed by atoms with van der Waals surface area (Å²) in [6.45, 7) is 4.23. The van der Waals surface area contributed by atoms with Gasteiger partial charge in [-0.05, 0) is 57.6 Å². The Balaban J connectivity index is 1.64. The van der Waals surface area contributed by atoms with E-state index in [9.17, 15) is 4.79 Å². The molecule has 2 aliphatic rings. The van der Waals surface area contributed by atoms with Gasteiger partial charge in [-0.2, -0.15) is 0 Å². The molecule has 0 aromatic carbocycles. The molecule has 26 heavy (non-hydrogen) atoms. The van der Waals surface area contributed by atoms with Crippen LogP contribution in [-0.4, -0.2) is 48.9 Å². The topological polar surface area (TPSA) is 98.5 Å². The molecule has 3 rings (SSSR count). The lowest BCUT2D eigenvalue weighted by molar-refractivity contribution is 0.0346. The van der Waals surface area contributed by atoms with Crippen LogP contribution in [0.15, 0.2) is 12.1 Å². The van der Waals surface area contributed by atoms with Crippen LogP contribution in [-0.2, 0) is 9.47 Å². The molecular weight excluding hydrogens is 332 g/mol. The second kappa shape index (κ2) is 9.19. The maximum atomic E-state index is 11.7. The summed E-state index contributed by atoms with van der Waals surface area (Å²) in [4.78, 5) is 16.4. The molecule has 1 aromatic rings. The molecule has 0 radical (unpaired) electrons. The minimum absolute atomic E-state index is 0.159. The summed E-state index contributed by atoms with van der Waals surface area (Å²) in [6, 6.07) is 4.11. The van der Waals surface area contributed by atoms with Crippen LogP contribution in [0.1, 0.15) is 55.8 Å². The molecule has 0 spiro atoms. The van der Waals surface area contributed by atoms with Gasteiger partial charge < -0.3 is 25.8 Å². The maximum absolute atomic E-state index is 11.7. The number of anilines is 2. The van der Waals surface area contributed by atoms with Gasteiger partial charge in [0.05, 0.1) is 24.3 Å². The van der Waals surface area contributed by atoms with Crippen LogP contribution in [0.25, 0.3) is 0 Å². The van der Waals surface area contributed by atoms with E-state index in [0.717, 1.165) is 57.6 Å². The Bertz CT molecular complexity index is 596. The average molecular weight is 362 g/mol. The SMILES string of the molecule is CCO[C@H]1CC[C@H](Nc2ccc(C(N)=O)c(N[C@@H]3CCCOC3)n2)CC1. The van der Waals surface area contributed by atoms with Crippen molar-refractivity contribution in [3.05, 3.63) is 17.7 Å². The van der Waals surface area contributed by atoms with Crippen molar-refractivity contribution in [2.24, 2.45) is 5.73 Å². The molecule has 1 amide bonds. The van der Waals surface area contributed by atoms with E-state index in [1.165, 1.54) is 0 Å². The summed E-state index contributed by atoms with van der Waals surface area (Å²) in [5, 5.41) is 6.83. The maximum Gasteiger partial charge on any atom is 0.252 e. The number of primary amides is 1. The summed E-state index contributed by atoms with van der Waals surface area (Å²) in [7, 11) is 0. The fraction of sp³-hybridized carbons (Fsp3) is 0.684. The van der Waals surface area contributed by atoms with Crippen LogP contribution in [0, 0.1) is 0 Å². The number of carbonyl (C=O) groups excluding carboxylic acids is 1. The molecule has 1 saturated heterocycles. The smallest absolute Gasteiger partial charge is 0.252 e. The largest absolute Gasteiger partial charge is 0.379 e. The van der Waals surface area contributed by atoms with Crippen molar-refractivity contribution in [2.75, 3.05) is 30.5 Å². The number of hydrogen-bond donors (Lipinski definition) is 3. The van der Waals surface area contributed by atoms with Gasteiger partial charge >= 0.3 is 0 Å². The van der Waals surface area contributed by atoms with E-state index in [0.29, 0.717) is 30.1 Å². The molecule has 7 nitrogen and oxygen atoms in total. The monoisotopic (exact) mass is 362 g/mol. The molecule has 1 aliphatic carbocycles. The molecule has 2 fully saturated rings. The lowest BCUT2D eigenvalue weighted by Crippen LogP contribution is -2.32. The summed E-state index contributed by atoms with van der Waals surface area (Å²) in [5.41, 5.74) is 5.93. The van der Waals surface area contributed by atoms with Gasteiger partial charge in [0.1, 0.15) is 11.6 Å². The molecule has 2 heterocycles. The van der Waals surface area contributed by atoms with Crippen molar-refractivity contribution >= 4 is 17.5 Å². The predicted molar refractivity (Wildman–Crippen MR) is 102 cm³/mol. The van der Waals surface area contributed by atoms with Gasteiger partial charge in [-0.1, -0.05) is 0 Å². The second-order valence-corrected chi connectivity index (χ2v) is 7.09. The van der Waals surface area contributed by atoms with E-state index in [1.807, 2.05) is 13.0 Å². The van der Waals surface area contributed by atoms with Crippen molar-refractivity contribution in [2.45, 2.75) is 63.6 Å². The molecule has 0 unspecified atom stereocenters. The predicted octanol–water partition coefficient (Wildman–Crippen LogP) is 2.53. The van der Waals surface area contributed by atoms with Gasteiger partial charge in [0.25, 0.3) is 5.91 Å². The quantitative estimate of drug-likeness (QED) is 0.689. The molecule has 1 aromatic heterocycles. The number of nitrogens with two attached hydrogens (primary N) is 1. The van der Waals surface area contributed by atoms with Crippen LogP contribution < -0.4 is 16.4 Å². The van der Waals surface area contributed by atoms with Crippen molar-refractivity contribution < 1.29 is 14.3 Å².